The number of nitriles is 1. The molecule has 13 heteroatoms. The van der Waals surface area contributed by atoms with Gasteiger partial charge in [-0.25, -0.2) is 18.2 Å². The molecule has 1 aliphatic heterocycles. The van der Waals surface area contributed by atoms with Crippen LogP contribution < -0.4 is 20.9 Å². The summed E-state index contributed by atoms with van der Waals surface area (Å²) in [7, 11) is -3.37. The van der Waals surface area contributed by atoms with Crippen LogP contribution in [0.5, 0.6) is 0 Å². The van der Waals surface area contributed by atoms with Crippen molar-refractivity contribution in [1.82, 2.24) is 15.3 Å². The van der Waals surface area contributed by atoms with Crippen molar-refractivity contribution in [2.24, 2.45) is 0 Å². The normalized spacial score (nSPS) is 12.9. The predicted molar refractivity (Wildman–Crippen MR) is 131 cm³/mol. The van der Waals surface area contributed by atoms with Gasteiger partial charge in [0.05, 0.1) is 46.3 Å². The molecule has 3 N–H and O–H groups in total. The second kappa shape index (κ2) is 10.1. The molecule has 11 nitrogen and oxygen atoms in total. The highest BCUT2D eigenvalue weighted by atomic mass is 32.2. The minimum absolute atomic E-state index is 0.143. The SMILES string of the molecule is CS(=O)(=O)c1cncc(N2CCc3nc(NC(=O)Nc4ccccc4C(=O)NCC#N)sc3C2)c1. The number of amides is 3. The van der Waals surface area contributed by atoms with Crippen LogP contribution in [-0.2, 0) is 22.8 Å². The largest absolute Gasteiger partial charge is 0.365 e. The van der Waals surface area contributed by atoms with Crippen LogP contribution in [-0.4, -0.2) is 49.7 Å². The molecular formula is C22H21N7O4S2. The van der Waals surface area contributed by atoms with Gasteiger partial charge in [-0.1, -0.05) is 23.5 Å². The Morgan fingerprint density at radius 2 is 2.03 bits per heavy atom. The van der Waals surface area contributed by atoms with Gasteiger partial charge in [-0.05, 0) is 18.2 Å². The van der Waals surface area contributed by atoms with E-state index in [2.05, 4.69) is 25.9 Å². The van der Waals surface area contributed by atoms with Crippen LogP contribution in [0.15, 0.2) is 47.6 Å². The smallest absolute Gasteiger partial charge is 0.325 e. The maximum absolute atomic E-state index is 12.6. The van der Waals surface area contributed by atoms with E-state index < -0.39 is 21.8 Å². The number of nitrogens with zero attached hydrogens (tertiary/aromatic N) is 4. The van der Waals surface area contributed by atoms with Gasteiger partial charge in [-0.3, -0.25) is 15.1 Å². The van der Waals surface area contributed by atoms with Crippen molar-refractivity contribution >= 4 is 49.6 Å². The van der Waals surface area contributed by atoms with E-state index in [1.165, 1.54) is 17.5 Å². The average Bonchev–Trinajstić information content (AvgIpc) is 3.23. The highest BCUT2D eigenvalue weighted by Crippen LogP contribution is 2.31. The summed E-state index contributed by atoms with van der Waals surface area (Å²) in [6.45, 7) is 0.991. The molecule has 0 spiro atoms. The van der Waals surface area contributed by atoms with Gasteiger partial charge in [0.1, 0.15) is 6.54 Å². The summed E-state index contributed by atoms with van der Waals surface area (Å²) in [4.78, 5) is 36.5. The van der Waals surface area contributed by atoms with Crippen LogP contribution in [0.4, 0.5) is 21.3 Å². The number of hydrogen-bond donors (Lipinski definition) is 3. The fourth-order valence-corrected chi connectivity index (χ4v) is 5.11. The summed E-state index contributed by atoms with van der Waals surface area (Å²) in [5, 5.41) is 16.9. The molecule has 4 rings (SSSR count). The molecule has 1 aromatic carbocycles. The zero-order valence-corrected chi connectivity index (χ0v) is 20.2. The van der Waals surface area contributed by atoms with Gasteiger partial charge in [0.2, 0.25) is 0 Å². The second-order valence-electron chi connectivity index (χ2n) is 7.68. The van der Waals surface area contributed by atoms with Crippen molar-refractivity contribution in [3.63, 3.8) is 0 Å². The highest BCUT2D eigenvalue weighted by molar-refractivity contribution is 7.90. The summed E-state index contributed by atoms with van der Waals surface area (Å²) in [6.07, 6.45) is 4.72. The minimum Gasteiger partial charge on any atom is -0.365 e. The number of pyridine rings is 1. The number of anilines is 3. The Morgan fingerprint density at radius 1 is 1.23 bits per heavy atom. The number of nitrogens with one attached hydrogen (secondary N) is 3. The maximum atomic E-state index is 12.6. The number of sulfone groups is 1. The van der Waals surface area contributed by atoms with Crippen LogP contribution in [0.1, 0.15) is 20.9 Å². The van der Waals surface area contributed by atoms with Crippen molar-refractivity contribution < 1.29 is 18.0 Å². The second-order valence-corrected chi connectivity index (χ2v) is 10.8. The molecule has 3 heterocycles. The van der Waals surface area contributed by atoms with Crippen molar-refractivity contribution in [2.75, 3.05) is 34.9 Å². The first kappa shape index (κ1) is 24.1. The average molecular weight is 512 g/mol. The Balaban J connectivity index is 1.44. The Morgan fingerprint density at radius 3 is 2.80 bits per heavy atom. The van der Waals surface area contributed by atoms with E-state index in [9.17, 15) is 18.0 Å². The molecule has 1 aliphatic rings. The molecule has 0 bridgehead atoms. The highest BCUT2D eigenvalue weighted by Gasteiger charge is 2.23. The lowest BCUT2D eigenvalue weighted by molar-refractivity contribution is 0.0959. The molecule has 35 heavy (non-hydrogen) atoms. The lowest BCUT2D eigenvalue weighted by Gasteiger charge is -2.28. The van der Waals surface area contributed by atoms with E-state index in [0.717, 1.165) is 16.8 Å². The first-order valence-corrected chi connectivity index (χ1v) is 13.2. The van der Waals surface area contributed by atoms with Gasteiger partial charge in [-0.2, -0.15) is 5.26 Å². The summed E-state index contributed by atoms with van der Waals surface area (Å²) in [5.41, 5.74) is 2.10. The summed E-state index contributed by atoms with van der Waals surface area (Å²) in [6, 6.07) is 9.36. The van der Waals surface area contributed by atoms with E-state index in [4.69, 9.17) is 5.26 Å². The molecule has 3 amide bonds. The summed E-state index contributed by atoms with van der Waals surface area (Å²) < 4.78 is 23.7. The van der Waals surface area contributed by atoms with E-state index in [-0.39, 0.29) is 17.0 Å². The lowest BCUT2D eigenvalue weighted by atomic mass is 10.1. The van der Waals surface area contributed by atoms with E-state index >= 15 is 0 Å². The monoisotopic (exact) mass is 511 g/mol. The van der Waals surface area contributed by atoms with Crippen LogP contribution in [0.2, 0.25) is 0 Å². The Bertz CT molecular complexity index is 1430. The van der Waals surface area contributed by atoms with Crippen LogP contribution in [0, 0.1) is 11.3 Å². The maximum Gasteiger partial charge on any atom is 0.325 e. The minimum atomic E-state index is -3.37. The third kappa shape index (κ3) is 5.73. The van der Waals surface area contributed by atoms with Crippen molar-refractivity contribution in [2.45, 2.75) is 17.9 Å². The first-order valence-electron chi connectivity index (χ1n) is 10.5. The fraction of sp³-hybridized carbons (Fsp3) is 0.227. The molecule has 3 aromatic rings. The van der Waals surface area contributed by atoms with Crippen molar-refractivity contribution in [1.29, 1.82) is 5.26 Å². The summed E-state index contributed by atoms with van der Waals surface area (Å²) in [5.74, 6) is -0.471. The molecule has 0 saturated carbocycles. The zero-order valence-electron chi connectivity index (χ0n) is 18.6. The number of aromatic nitrogens is 2. The third-order valence-corrected chi connectivity index (χ3v) is 7.27. The van der Waals surface area contributed by atoms with Gasteiger partial charge in [0, 0.05) is 30.3 Å². The van der Waals surface area contributed by atoms with Gasteiger partial charge >= 0.3 is 6.03 Å². The Labute approximate surface area is 205 Å². The number of carbonyl (C=O) groups is 2. The van der Waals surface area contributed by atoms with Crippen molar-refractivity contribution in [3.8, 4) is 6.07 Å². The predicted octanol–water partition coefficient (Wildman–Crippen LogP) is 2.40. The number of carbonyl (C=O) groups excluding carboxylic acids is 2. The number of benzene rings is 1. The molecule has 0 aliphatic carbocycles. The fourth-order valence-electron chi connectivity index (χ4n) is 3.51. The zero-order chi connectivity index (χ0) is 25.0. The number of thiazole rings is 1. The van der Waals surface area contributed by atoms with Gasteiger partial charge in [-0.15, -0.1) is 0 Å². The van der Waals surface area contributed by atoms with E-state index in [0.29, 0.717) is 36.0 Å². The molecule has 0 fully saturated rings. The number of fused-ring (bicyclic) bond motifs is 1. The van der Waals surface area contributed by atoms with Crippen molar-refractivity contribution in [3.05, 3.63) is 58.9 Å². The standard InChI is InChI=1S/C22H21N7O4S2/c1-35(32,33)15-10-14(11-24-12-15)29-9-6-18-19(13-29)34-22(27-18)28-21(31)26-17-5-3-2-4-16(17)20(30)25-8-7-23/h2-5,10-12H,6,8-9,13H2,1H3,(H,25,30)(H2,26,27,28,31). The lowest BCUT2D eigenvalue weighted by Crippen LogP contribution is -2.29. The van der Waals surface area contributed by atoms with Gasteiger partial charge in [0.25, 0.3) is 5.91 Å². The molecule has 2 aromatic heterocycles. The van der Waals surface area contributed by atoms with Crippen LogP contribution in [0.25, 0.3) is 0 Å². The Kier molecular flexibility index (Phi) is 6.94. The summed E-state index contributed by atoms with van der Waals surface area (Å²) >= 11 is 1.33. The number of para-hydroxylation sites is 1. The Hall–Kier alpha value is -4.02. The number of rotatable bonds is 6. The molecule has 180 valence electrons. The molecule has 0 saturated heterocycles. The molecule has 0 radical (unpaired) electrons. The topological polar surface area (TPSA) is 157 Å². The molecule has 0 atom stereocenters. The van der Waals surface area contributed by atoms with Crippen LogP contribution in [0.3, 0.4) is 0 Å². The van der Waals surface area contributed by atoms with E-state index in [1.807, 2.05) is 11.0 Å². The number of hydrogen-bond acceptors (Lipinski definition) is 9. The number of urea groups is 1. The molecule has 0 unspecified atom stereocenters. The van der Waals surface area contributed by atoms with Gasteiger partial charge < -0.3 is 15.5 Å². The first-order chi connectivity index (χ1) is 16.7. The van der Waals surface area contributed by atoms with E-state index in [1.54, 1.807) is 36.5 Å². The van der Waals surface area contributed by atoms with Gasteiger partial charge in [0.15, 0.2) is 15.0 Å². The quantitative estimate of drug-likeness (QED) is 0.426. The van der Waals surface area contributed by atoms with Crippen LogP contribution >= 0.6 is 11.3 Å². The third-order valence-electron chi connectivity index (χ3n) is 5.19. The molecular weight excluding hydrogens is 490 g/mol.